The summed E-state index contributed by atoms with van der Waals surface area (Å²) in [4.78, 5) is 6.33. The molecule has 1 aliphatic carbocycles. The van der Waals surface area contributed by atoms with Gasteiger partial charge in [-0.3, -0.25) is 0 Å². The van der Waals surface area contributed by atoms with Gasteiger partial charge in [0.25, 0.3) is 0 Å². The van der Waals surface area contributed by atoms with Crippen molar-refractivity contribution in [3.8, 4) is 0 Å². The van der Waals surface area contributed by atoms with Gasteiger partial charge in [-0.25, -0.2) is 9.19 Å². The van der Waals surface area contributed by atoms with Crippen molar-refractivity contribution < 1.29 is 4.21 Å². The van der Waals surface area contributed by atoms with Gasteiger partial charge in [-0.05, 0) is 65.2 Å². The number of nitrogens with one attached hydrogen (secondary N) is 2. The number of fused-ring (bicyclic) bond motifs is 1. The number of hydrogen-bond acceptors (Lipinski definition) is 5. The van der Waals surface area contributed by atoms with Crippen LogP contribution in [0.1, 0.15) is 32.1 Å². The number of rotatable bonds is 6. The van der Waals surface area contributed by atoms with Crippen molar-refractivity contribution >= 4 is 49.7 Å². The maximum atomic E-state index is 12.8. The molecule has 0 radical (unpaired) electrons. The summed E-state index contributed by atoms with van der Waals surface area (Å²) in [5.74, 6) is 1.66. The van der Waals surface area contributed by atoms with E-state index in [1.807, 2.05) is 60.7 Å². The topological polar surface area (TPSA) is 71.3 Å². The predicted molar refractivity (Wildman–Crippen MR) is 132 cm³/mol. The lowest BCUT2D eigenvalue weighted by Crippen LogP contribution is -2.23. The molecule has 1 fully saturated rings. The molecule has 1 aliphatic rings. The summed E-state index contributed by atoms with van der Waals surface area (Å²) in [5, 5.41) is 11.5. The second kappa shape index (κ2) is 9.42. The molecule has 1 unspecified atom stereocenters. The van der Waals surface area contributed by atoms with Crippen LogP contribution in [0.15, 0.2) is 81.1 Å². The van der Waals surface area contributed by atoms with Gasteiger partial charge < -0.3 is 10.6 Å². The molecule has 1 saturated carbocycles. The Hall–Kier alpha value is -2.71. The lowest BCUT2D eigenvalue weighted by Gasteiger charge is -2.23. The van der Waals surface area contributed by atoms with Crippen LogP contribution in [-0.4, -0.2) is 24.8 Å². The minimum Gasteiger partial charge on any atom is -0.367 e. The average Bonchev–Trinajstić information content (AvgIpc) is 3.21. The highest BCUT2D eigenvalue weighted by atomic mass is 79.9. The Kier molecular flexibility index (Phi) is 6.23. The first-order valence-electron chi connectivity index (χ1n) is 10.8. The Morgan fingerprint density at radius 2 is 1.69 bits per heavy atom. The van der Waals surface area contributed by atoms with Crippen LogP contribution in [0.5, 0.6) is 0 Å². The van der Waals surface area contributed by atoms with Gasteiger partial charge in [0, 0.05) is 27.6 Å². The number of nitrogens with zero attached hydrogens (tertiary/aromatic N) is 3. The van der Waals surface area contributed by atoms with Gasteiger partial charge in [0.2, 0.25) is 0 Å². The fraction of sp³-hybridized carbons (Fsp3) is 0.250. The van der Waals surface area contributed by atoms with Crippen molar-refractivity contribution in [1.29, 1.82) is 0 Å². The minimum atomic E-state index is -1.20. The zero-order chi connectivity index (χ0) is 21.9. The molecule has 6 nitrogen and oxygen atoms in total. The van der Waals surface area contributed by atoms with Gasteiger partial charge in [0.1, 0.15) is 11.6 Å². The van der Waals surface area contributed by atoms with Crippen LogP contribution in [0.2, 0.25) is 0 Å². The van der Waals surface area contributed by atoms with Crippen molar-refractivity contribution in [3.05, 3.63) is 71.3 Å². The SMILES string of the molecule is O=S(c1ccccc1)c1ccc(Nc2cc(NC3CCCCC3)nc3c(Br)cnn23)cc1. The Morgan fingerprint density at radius 3 is 2.44 bits per heavy atom. The zero-order valence-electron chi connectivity index (χ0n) is 17.5. The van der Waals surface area contributed by atoms with Gasteiger partial charge >= 0.3 is 0 Å². The molecule has 8 heteroatoms. The van der Waals surface area contributed by atoms with E-state index in [1.54, 1.807) is 10.7 Å². The van der Waals surface area contributed by atoms with E-state index in [0.29, 0.717) is 6.04 Å². The third kappa shape index (κ3) is 4.56. The quantitative estimate of drug-likeness (QED) is 0.326. The standard InChI is InChI=1S/C24H24BrN5OS/c25-21-16-26-30-23(15-22(29-24(21)30)27-17-7-3-1-4-8-17)28-18-11-13-20(14-12-18)32(31)19-9-5-2-6-10-19/h2,5-6,9-17,28H,1,3-4,7-8H2,(H,27,29). The van der Waals surface area contributed by atoms with Gasteiger partial charge in [-0.1, -0.05) is 37.5 Å². The Labute approximate surface area is 198 Å². The molecule has 0 spiro atoms. The number of anilines is 3. The molecular formula is C24H24BrN5OS. The van der Waals surface area contributed by atoms with Crippen LogP contribution >= 0.6 is 15.9 Å². The highest BCUT2D eigenvalue weighted by Crippen LogP contribution is 2.28. The molecule has 4 aromatic rings. The molecule has 2 aromatic heterocycles. The van der Waals surface area contributed by atoms with Crippen molar-refractivity contribution in [2.75, 3.05) is 10.6 Å². The molecule has 0 bridgehead atoms. The molecule has 5 rings (SSSR count). The first kappa shape index (κ1) is 21.2. The summed E-state index contributed by atoms with van der Waals surface area (Å²) >= 11 is 3.56. The third-order valence-electron chi connectivity index (χ3n) is 5.68. The van der Waals surface area contributed by atoms with Crippen LogP contribution < -0.4 is 10.6 Å². The summed E-state index contributed by atoms with van der Waals surface area (Å²) in [6.45, 7) is 0. The van der Waals surface area contributed by atoms with E-state index in [4.69, 9.17) is 4.98 Å². The summed E-state index contributed by atoms with van der Waals surface area (Å²) in [6, 6.07) is 19.6. The summed E-state index contributed by atoms with van der Waals surface area (Å²) < 4.78 is 15.4. The van der Waals surface area contributed by atoms with Crippen molar-refractivity contribution in [2.45, 2.75) is 47.9 Å². The monoisotopic (exact) mass is 509 g/mol. The molecule has 32 heavy (non-hydrogen) atoms. The molecular weight excluding hydrogens is 486 g/mol. The number of hydrogen-bond donors (Lipinski definition) is 2. The number of aromatic nitrogens is 3. The van der Waals surface area contributed by atoms with E-state index in [0.717, 1.165) is 37.2 Å². The van der Waals surface area contributed by atoms with Crippen molar-refractivity contribution in [2.24, 2.45) is 0 Å². The van der Waals surface area contributed by atoms with E-state index in [2.05, 4.69) is 31.7 Å². The molecule has 0 saturated heterocycles. The first-order chi connectivity index (χ1) is 15.7. The summed E-state index contributed by atoms with van der Waals surface area (Å²) in [6.07, 6.45) is 7.95. The van der Waals surface area contributed by atoms with Gasteiger partial charge in [-0.15, -0.1) is 0 Å². The van der Waals surface area contributed by atoms with Gasteiger partial charge in [-0.2, -0.15) is 9.61 Å². The Bertz CT molecular complexity index is 1240. The molecule has 0 aliphatic heterocycles. The molecule has 2 heterocycles. The van der Waals surface area contributed by atoms with Crippen LogP contribution in [0.4, 0.5) is 17.3 Å². The maximum absolute atomic E-state index is 12.8. The third-order valence-corrected chi connectivity index (χ3v) is 7.64. The van der Waals surface area contributed by atoms with E-state index < -0.39 is 10.8 Å². The fourth-order valence-electron chi connectivity index (χ4n) is 4.05. The normalized spacial score (nSPS) is 15.5. The first-order valence-corrected chi connectivity index (χ1v) is 12.8. The number of halogens is 1. The molecule has 164 valence electrons. The molecule has 2 aromatic carbocycles. The lowest BCUT2D eigenvalue weighted by molar-refractivity contribution is 0.462. The van der Waals surface area contributed by atoms with Crippen LogP contribution in [0, 0.1) is 0 Å². The predicted octanol–water partition coefficient (Wildman–Crippen LogP) is 6.15. The van der Waals surface area contributed by atoms with Crippen LogP contribution in [0.25, 0.3) is 5.65 Å². The van der Waals surface area contributed by atoms with E-state index in [1.165, 1.54) is 32.1 Å². The van der Waals surface area contributed by atoms with Crippen molar-refractivity contribution in [1.82, 2.24) is 14.6 Å². The molecule has 0 amide bonds. The largest absolute Gasteiger partial charge is 0.367 e. The Morgan fingerprint density at radius 1 is 0.969 bits per heavy atom. The van der Waals surface area contributed by atoms with E-state index >= 15 is 0 Å². The highest BCUT2D eigenvalue weighted by Gasteiger charge is 2.16. The van der Waals surface area contributed by atoms with E-state index in [9.17, 15) is 4.21 Å². The Balaban J connectivity index is 1.40. The average molecular weight is 510 g/mol. The van der Waals surface area contributed by atoms with E-state index in [-0.39, 0.29) is 0 Å². The number of benzene rings is 2. The molecule has 2 N–H and O–H groups in total. The second-order valence-electron chi connectivity index (χ2n) is 7.96. The van der Waals surface area contributed by atoms with Gasteiger partial charge in [0.15, 0.2) is 5.65 Å². The smallest absolute Gasteiger partial charge is 0.173 e. The lowest BCUT2D eigenvalue weighted by atomic mass is 9.95. The fourth-order valence-corrected chi connectivity index (χ4v) is 5.45. The van der Waals surface area contributed by atoms with Crippen molar-refractivity contribution in [3.63, 3.8) is 0 Å². The van der Waals surface area contributed by atoms with Crippen LogP contribution in [-0.2, 0) is 10.8 Å². The summed E-state index contributed by atoms with van der Waals surface area (Å²) in [5.41, 5.74) is 1.65. The highest BCUT2D eigenvalue weighted by molar-refractivity contribution is 9.10. The minimum absolute atomic E-state index is 0.459. The molecule has 1 atom stereocenters. The van der Waals surface area contributed by atoms with Crippen LogP contribution in [0.3, 0.4) is 0 Å². The zero-order valence-corrected chi connectivity index (χ0v) is 19.9. The second-order valence-corrected chi connectivity index (χ2v) is 10.3. The summed E-state index contributed by atoms with van der Waals surface area (Å²) in [7, 11) is -1.20. The van der Waals surface area contributed by atoms with Gasteiger partial charge in [0.05, 0.1) is 21.5 Å². The maximum Gasteiger partial charge on any atom is 0.173 e.